The third-order valence-corrected chi connectivity index (χ3v) is 3.78. The maximum Gasteiger partial charge on any atom is 0.433 e. The standard InChI is InChI=1S/C17H16F3N3O2/c18-17(19,20)15-9-12(5-6-22-15)16(24)23-13-3-1-11(2-4-13)14-10-21-7-8-25-14/h1-6,9,14,21H,7-8,10H2,(H,23,24). The molecule has 3 rings (SSSR count). The van der Waals surface area contributed by atoms with Gasteiger partial charge in [-0.1, -0.05) is 12.1 Å². The average Bonchev–Trinajstić information content (AvgIpc) is 2.62. The average molecular weight is 351 g/mol. The molecule has 1 amide bonds. The second-order valence-electron chi connectivity index (χ2n) is 5.57. The lowest BCUT2D eigenvalue weighted by atomic mass is 10.1. The number of benzene rings is 1. The molecule has 132 valence electrons. The Hall–Kier alpha value is -2.45. The Morgan fingerprint density at radius 2 is 2.00 bits per heavy atom. The monoisotopic (exact) mass is 351 g/mol. The highest BCUT2D eigenvalue weighted by Gasteiger charge is 2.32. The Morgan fingerprint density at radius 1 is 1.24 bits per heavy atom. The van der Waals surface area contributed by atoms with Crippen molar-refractivity contribution in [3.05, 3.63) is 59.4 Å². The summed E-state index contributed by atoms with van der Waals surface area (Å²) in [6.07, 6.45) is -3.67. The van der Waals surface area contributed by atoms with E-state index in [2.05, 4.69) is 15.6 Å². The van der Waals surface area contributed by atoms with Crippen LogP contribution in [0.25, 0.3) is 0 Å². The Balaban J connectivity index is 1.68. The van der Waals surface area contributed by atoms with Crippen LogP contribution in [0.1, 0.15) is 27.7 Å². The molecule has 5 nitrogen and oxygen atoms in total. The van der Waals surface area contributed by atoms with Crippen molar-refractivity contribution in [1.82, 2.24) is 10.3 Å². The summed E-state index contributed by atoms with van der Waals surface area (Å²) in [5.41, 5.74) is 0.250. The van der Waals surface area contributed by atoms with Gasteiger partial charge in [-0.2, -0.15) is 13.2 Å². The van der Waals surface area contributed by atoms with Gasteiger partial charge in [0.15, 0.2) is 0 Å². The van der Waals surface area contributed by atoms with E-state index in [-0.39, 0.29) is 11.7 Å². The van der Waals surface area contributed by atoms with Gasteiger partial charge in [0, 0.05) is 30.5 Å². The number of morpholine rings is 1. The fraction of sp³-hybridized carbons (Fsp3) is 0.294. The van der Waals surface area contributed by atoms with Crippen LogP contribution in [0.2, 0.25) is 0 Å². The van der Waals surface area contributed by atoms with E-state index in [0.717, 1.165) is 24.4 Å². The maximum absolute atomic E-state index is 12.7. The SMILES string of the molecule is O=C(Nc1ccc(C2CNCCO2)cc1)c1ccnc(C(F)(F)F)c1. The van der Waals surface area contributed by atoms with Crippen molar-refractivity contribution in [2.75, 3.05) is 25.0 Å². The second kappa shape index (κ2) is 7.20. The molecular formula is C17H16F3N3O2. The lowest BCUT2D eigenvalue weighted by molar-refractivity contribution is -0.141. The van der Waals surface area contributed by atoms with Gasteiger partial charge in [0.05, 0.1) is 12.7 Å². The zero-order valence-electron chi connectivity index (χ0n) is 13.1. The lowest BCUT2D eigenvalue weighted by Gasteiger charge is -2.24. The third-order valence-electron chi connectivity index (χ3n) is 3.78. The van der Waals surface area contributed by atoms with Gasteiger partial charge in [0.2, 0.25) is 0 Å². The molecule has 0 spiro atoms. The molecule has 1 aromatic carbocycles. The van der Waals surface area contributed by atoms with Gasteiger partial charge in [-0.25, -0.2) is 0 Å². The number of alkyl halides is 3. The van der Waals surface area contributed by atoms with Crippen LogP contribution in [0, 0.1) is 0 Å². The predicted octanol–water partition coefficient (Wildman–Crippen LogP) is 3.01. The number of carbonyl (C=O) groups excluding carboxylic acids is 1. The van der Waals surface area contributed by atoms with Gasteiger partial charge in [-0.3, -0.25) is 9.78 Å². The van der Waals surface area contributed by atoms with E-state index < -0.39 is 17.8 Å². The van der Waals surface area contributed by atoms with Crippen LogP contribution in [-0.4, -0.2) is 30.6 Å². The number of rotatable bonds is 3. The van der Waals surface area contributed by atoms with Crippen LogP contribution in [0.5, 0.6) is 0 Å². The van der Waals surface area contributed by atoms with E-state index in [9.17, 15) is 18.0 Å². The van der Waals surface area contributed by atoms with Crippen molar-refractivity contribution in [2.24, 2.45) is 0 Å². The van der Waals surface area contributed by atoms with Crippen LogP contribution < -0.4 is 10.6 Å². The molecule has 25 heavy (non-hydrogen) atoms. The predicted molar refractivity (Wildman–Crippen MR) is 85.2 cm³/mol. The Bertz CT molecular complexity index is 742. The molecule has 0 saturated carbocycles. The van der Waals surface area contributed by atoms with Crippen molar-refractivity contribution in [3.63, 3.8) is 0 Å². The highest BCUT2D eigenvalue weighted by atomic mass is 19.4. The quantitative estimate of drug-likeness (QED) is 0.892. The highest BCUT2D eigenvalue weighted by Crippen LogP contribution is 2.28. The number of pyridine rings is 1. The van der Waals surface area contributed by atoms with E-state index in [4.69, 9.17) is 4.74 Å². The molecular weight excluding hydrogens is 335 g/mol. The number of amides is 1. The minimum Gasteiger partial charge on any atom is -0.371 e. The Morgan fingerprint density at radius 3 is 2.64 bits per heavy atom. The van der Waals surface area contributed by atoms with Crippen molar-refractivity contribution in [1.29, 1.82) is 0 Å². The van der Waals surface area contributed by atoms with Gasteiger partial charge in [0.1, 0.15) is 5.69 Å². The Kier molecular flexibility index (Phi) is 5.00. The molecule has 1 aliphatic rings. The minimum atomic E-state index is -4.59. The van der Waals surface area contributed by atoms with Crippen molar-refractivity contribution in [3.8, 4) is 0 Å². The third kappa shape index (κ3) is 4.34. The largest absolute Gasteiger partial charge is 0.433 e. The van der Waals surface area contributed by atoms with Crippen LogP contribution in [0.4, 0.5) is 18.9 Å². The first-order valence-corrected chi connectivity index (χ1v) is 7.70. The number of anilines is 1. The van der Waals surface area contributed by atoms with Crippen LogP contribution in [-0.2, 0) is 10.9 Å². The molecule has 0 radical (unpaired) electrons. The summed E-state index contributed by atoms with van der Waals surface area (Å²) < 4.78 is 43.6. The molecule has 2 heterocycles. The summed E-state index contributed by atoms with van der Waals surface area (Å²) in [7, 11) is 0. The summed E-state index contributed by atoms with van der Waals surface area (Å²) in [6, 6.07) is 8.99. The zero-order chi connectivity index (χ0) is 17.9. The molecule has 1 saturated heterocycles. The zero-order valence-corrected chi connectivity index (χ0v) is 13.1. The summed E-state index contributed by atoms with van der Waals surface area (Å²) in [4.78, 5) is 15.4. The summed E-state index contributed by atoms with van der Waals surface area (Å²) in [6.45, 7) is 2.16. The number of ether oxygens (including phenoxy) is 1. The normalized spacial score (nSPS) is 18.0. The number of carbonyl (C=O) groups is 1. The summed E-state index contributed by atoms with van der Waals surface area (Å²) in [5, 5.41) is 5.80. The van der Waals surface area contributed by atoms with Gasteiger partial charge in [0.25, 0.3) is 5.91 Å². The fourth-order valence-electron chi connectivity index (χ4n) is 2.49. The van der Waals surface area contributed by atoms with Crippen LogP contribution in [0.3, 0.4) is 0 Å². The molecule has 1 aromatic heterocycles. The number of halogens is 3. The summed E-state index contributed by atoms with van der Waals surface area (Å²) in [5.74, 6) is -0.628. The topological polar surface area (TPSA) is 63.2 Å². The first-order chi connectivity index (χ1) is 11.9. The molecule has 2 N–H and O–H groups in total. The number of aromatic nitrogens is 1. The molecule has 2 aromatic rings. The van der Waals surface area contributed by atoms with Gasteiger partial charge in [-0.15, -0.1) is 0 Å². The van der Waals surface area contributed by atoms with Crippen molar-refractivity contribution in [2.45, 2.75) is 12.3 Å². The maximum atomic E-state index is 12.7. The van der Waals surface area contributed by atoms with Crippen molar-refractivity contribution < 1.29 is 22.7 Å². The molecule has 0 bridgehead atoms. The highest BCUT2D eigenvalue weighted by molar-refractivity contribution is 6.04. The van der Waals surface area contributed by atoms with E-state index in [0.29, 0.717) is 18.8 Å². The Labute approximate surface area is 142 Å². The van der Waals surface area contributed by atoms with E-state index in [1.54, 1.807) is 12.1 Å². The molecule has 1 atom stereocenters. The molecule has 1 unspecified atom stereocenters. The molecule has 1 fully saturated rings. The van der Waals surface area contributed by atoms with E-state index in [1.807, 2.05) is 12.1 Å². The van der Waals surface area contributed by atoms with Gasteiger partial charge < -0.3 is 15.4 Å². The second-order valence-corrected chi connectivity index (χ2v) is 5.57. The lowest BCUT2D eigenvalue weighted by Crippen LogP contribution is -2.33. The van der Waals surface area contributed by atoms with Gasteiger partial charge >= 0.3 is 6.18 Å². The number of nitrogens with zero attached hydrogens (tertiary/aromatic N) is 1. The van der Waals surface area contributed by atoms with E-state index in [1.165, 1.54) is 6.07 Å². The van der Waals surface area contributed by atoms with Crippen LogP contribution >= 0.6 is 0 Å². The summed E-state index contributed by atoms with van der Waals surface area (Å²) >= 11 is 0. The smallest absolute Gasteiger partial charge is 0.371 e. The number of hydrogen-bond acceptors (Lipinski definition) is 4. The first-order valence-electron chi connectivity index (χ1n) is 7.70. The number of nitrogens with one attached hydrogen (secondary N) is 2. The first kappa shape index (κ1) is 17.4. The fourth-order valence-corrected chi connectivity index (χ4v) is 2.49. The minimum absolute atomic E-state index is 0.0481. The van der Waals surface area contributed by atoms with Crippen molar-refractivity contribution >= 4 is 11.6 Å². The molecule has 8 heteroatoms. The molecule has 0 aliphatic carbocycles. The molecule has 1 aliphatic heterocycles. The van der Waals surface area contributed by atoms with Gasteiger partial charge in [-0.05, 0) is 29.8 Å². The van der Waals surface area contributed by atoms with E-state index >= 15 is 0 Å². The number of hydrogen-bond donors (Lipinski definition) is 2. The van der Waals surface area contributed by atoms with Crippen LogP contribution in [0.15, 0.2) is 42.6 Å².